The summed E-state index contributed by atoms with van der Waals surface area (Å²) < 4.78 is 5.82. The summed E-state index contributed by atoms with van der Waals surface area (Å²) in [6.07, 6.45) is 0. The van der Waals surface area contributed by atoms with Crippen molar-refractivity contribution in [2.24, 2.45) is 0 Å². The third-order valence-electron chi connectivity index (χ3n) is 4.22. The van der Waals surface area contributed by atoms with Gasteiger partial charge in [-0.15, -0.1) is 10.2 Å². The van der Waals surface area contributed by atoms with Crippen molar-refractivity contribution in [1.82, 2.24) is 15.1 Å². The van der Waals surface area contributed by atoms with E-state index >= 15 is 0 Å². The number of fused-ring (bicyclic) bond motifs is 1. The molecule has 0 atom stereocenters. The summed E-state index contributed by atoms with van der Waals surface area (Å²) in [7, 11) is 0. The van der Waals surface area contributed by atoms with Gasteiger partial charge in [-0.25, -0.2) is 0 Å². The van der Waals surface area contributed by atoms with Crippen molar-refractivity contribution < 1.29 is 4.74 Å². The van der Waals surface area contributed by atoms with E-state index in [9.17, 15) is 0 Å². The topological polar surface area (TPSA) is 38.2 Å². The van der Waals surface area contributed by atoms with Crippen molar-refractivity contribution in [2.45, 2.75) is 13.8 Å². The van der Waals surface area contributed by atoms with E-state index in [1.54, 1.807) is 0 Å². The zero-order valence-electron chi connectivity index (χ0n) is 14.3. The van der Waals surface area contributed by atoms with E-state index in [1.165, 1.54) is 0 Å². The Morgan fingerprint density at radius 1 is 0.917 bits per heavy atom. The van der Waals surface area contributed by atoms with Gasteiger partial charge in [0.25, 0.3) is 0 Å². The van der Waals surface area contributed by atoms with Crippen LogP contribution < -0.4 is 4.74 Å². The molecule has 2 aromatic carbocycles. The van der Waals surface area contributed by atoms with Crippen LogP contribution in [-0.2, 0) is 0 Å². The summed E-state index contributed by atoms with van der Waals surface area (Å²) in [5.41, 5.74) is 2.84. The smallest absolute Gasteiger partial charge is 0.119 e. The fraction of sp³-hybridized carbons (Fsp3) is 0.300. The molecule has 0 aliphatic carbocycles. The molecule has 4 nitrogen and oxygen atoms in total. The minimum absolute atomic E-state index is 0.705. The van der Waals surface area contributed by atoms with Gasteiger partial charge in [0.1, 0.15) is 12.4 Å². The zero-order chi connectivity index (χ0) is 16.8. The average molecular weight is 321 g/mol. The number of benzene rings is 2. The number of aromatic nitrogens is 2. The highest BCUT2D eigenvalue weighted by molar-refractivity contribution is 5.81. The normalized spacial score (nSPS) is 11.1. The van der Waals surface area contributed by atoms with Crippen LogP contribution in [0.2, 0.25) is 0 Å². The van der Waals surface area contributed by atoms with Crippen LogP contribution in [0.1, 0.15) is 13.8 Å². The van der Waals surface area contributed by atoms with Crippen LogP contribution in [0.25, 0.3) is 22.2 Å². The van der Waals surface area contributed by atoms with E-state index in [2.05, 4.69) is 41.1 Å². The summed E-state index contributed by atoms with van der Waals surface area (Å²) >= 11 is 0. The fourth-order valence-corrected chi connectivity index (χ4v) is 2.68. The maximum Gasteiger partial charge on any atom is 0.119 e. The van der Waals surface area contributed by atoms with Crippen LogP contribution >= 0.6 is 0 Å². The molecule has 124 valence electrons. The summed E-state index contributed by atoms with van der Waals surface area (Å²) in [6, 6.07) is 18.1. The first-order chi connectivity index (χ1) is 11.8. The third kappa shape index (κ3) is 3.89. The van der Waals surface area contributed by atoms with Crippen LogP contribution in [0.3, 0.4) is 0 Å². The highest BCUT2D eigenvalue weighted by Gasteiger charge is 2.04. The quantitative estimate of drug-likeness (QED) is 0.659. The summed E-state index contributed by atoms with van der Waals surface area (Å²) in [4.78, 5) is 2.35. The Hall–Kier alpha value is -2.46. The lowest BCUT2D eigenvalue weighted by Gasteiger charge is -2.18. The second-order valence-corrected chi connectivity index (χ2v) is 5.69. The average Bonchev–Trinajstić information content (AvgIpc) is 2.65. The molecule has 0 saturated heterocycles. The Morgan fingerprint density at radius 3 is 2.42 bits per heavy atom. The second-order valence-electron chi connectivity index (χ2n) is 5.69. The predicted octanol–water partition coefficient (Wildman–Crippen LogP) is 4.02. The first-order valence-electron chi connectivity index (χ1n) is 8.48. The molecule has 0 radical (unpaired) electrons. The molecule has 24 heavy (non-hydrogen) atoms. The van der Waals surface area contributed by atoms with Crippen LogP contribution in [0, 0.1) is 0 Å². The van der Waals surface area contributed by atoms with Gasteiger partial charge in [-0.3, -0.25) is 0 Å². The Balaban J connectivity index is 1.67. The lowest BCUT2D eigenvalue weighted by molar-refractivity contribution is 0.223. The first kappa shape index (κ1) is 16.4. The van der Waals surface area contributed by atoms with Crippen molar-refractivity contribution in [3.63, 3.8) is 0 Å². The van der Waals surface area contributed by atoms with Gasteiger partial charge < -0.3 is 9.64 Å². The number of hydrogen-bond donors (Lipinski definition) is 0. The van der Waals surface area contributed by atoms with Gasteiger partial charge in [-0.2, -0.15) is 0 Å². The maximum absolute atomic E-state index is 5.82. The Kier molecular flexibility index (Phi) is 5.39. The van der Waals surface area contributed by atoms with Crippen LogP contribution in [0.15, 0.2) is 54.6 Å². The van der Waals surface area contributed by atoms with Crippen molar-refractivity contribution in [3.05, 3.63) is 54.6 Å². The van der Waals surface area contributed by atoms with Crippen LogP contribution in [0.4, 0.5) is 0 Å². The molecule has 0 aliphatic rings. The second kappa shape index (κ2) is 7.88. The Bertz CT molecular complexity index is 782. The zero-order valence-corrected chi connectivity index (χ0v) is 14.3. The van der Waals surface area contributed by atoms with Crippen molar-refractivity contribution >= 4 is 10.9 Å². The van der Waals surface area contributed by atoms with Crippen LogP contribution in [-0.4, -0.2) is 41.3 Å². The molecular weight excluding hydrogens is 298 g/mol. The maximum atomic E-state index is 5.82. The molecule has 4 heteroatoms. The Labute approximate surface area is 143 Å². The van der Waals surface area contributed by atoms with E-state index < -0.39 is 0 Å². The van der Waals surface area contributed by atoms with E-state index in [-0.39, 0.29) is 0 Å². The van der Waals surface area contributed by atoms with Gasteiger partial charge >= 0.3 is 0 Å². The molecule has 0 spiro atoms. The standard InChI is InChI=1S/C20H23N3O/c1-3-23(4-2)13-14-24-18-11-9-16(10-12-18)20-15-17-7-5-6-8-19(17)21-22-20/h5-12,15H,3-4,13-14H2,1-2H3. The largest absolute Gasteiger partial charge is 0.492 e. The SMILES string of the molecule is CCN(CC)CCOc1ccc(-c2cc3ccccc3nn2)cc1. The van der Waals surface area contributed by atoms with E-state index in [1.807, 2.05) is 42.5 Å². The number of likely N-dealkylation sites (N-methyl/N-ethyl adjacent to an activating group) is 1. The van der Waals surface area contributed by atoms with Gasteiger partial charge in [0.2, 0.25) is 0 Å². The molecule has 0 unspecified atom stereocenters. The number of nitrogens with zero attached hydrogens (tertiary/aromatic N) is 3. The highest BCUT2D eigenvalue weighted by Crippen LogP contribution is 2.22. The molecule has 0 saturated carbocycles. The minimum Gasteiger partial charge on any atom is -0.492 e. The predicted molar refractivity (Wildman–Crippen MR) is 98.3 cm³/mol. The lowest BCUT2D eigenvalue weighted by Crippen LogP contribution is -2.27. The van der Waals surface area contributed by atoms with E-state index in [4.69, 9.17) is 4.74 Å². The Morgan fingerprint density at radius 2 is 1.67 bits per heavy atom. The molecule has 1 heterocycles. The van der Waals surface area contributed by atoms with E-state index in [0.29, 0.717) is 6.61 Å². The van der Waals surface area contributed by atoms with Crippen molar-refractivity contribution in [2.75, 3.05) is 26.2 Å². The van der Waals surface area contributed by atoms with Gasteiger partial charge in [-0.05, 0) is 49.5 Å². The lowest BCUT2D eigenvalue weighted by atomic mass is 10.1. The third-order valence-corrected chi connectivity index (χ3v) is 4.22. The van der Waals surface area contributed by atoms with Crippen molar-refractivity contribution in [1.29, 1.82) is 0 Å². The molecule has 3 aromatic rings. The van der Waals surface area contributed by atoms with Gasteiger partial charge in [0.15, 0.2) is 0 Å². The molecule has 0 aliphatic heterocycles. The fourth-order valence-electron chi connectivity index (χ4n) is 2.68. The molecule has 3 rings (SSSR count). The van der Waals surface area contributed by atoms with Gasteiger partial charge in [0, 0.05) is 17.5 Å². The number of hydrogen-bond acceptors (Lipinski definition) is 4. The van der Waals surface area contributed by atoms with Crippen LogP contribution in [0.5, 0.6) is 5.75 Å². The van der Waals surface area contributed by atoms with Gasteiger partial charge in [-0.1, -0.05) is 32.0 Å². The minimum atomic E-state index is 0.705. The number of rotatable bonds is 7. The molecule has 0 bridgehead atoms. The molecule has 0 fully saturated rings. The molecular formula is C20H23N3O. The summed E-state index contributed by atoms with van der Waals surface area (Å²) in [5.74, 6) is 0.889. The molecule has 1 aromatic heterocycles. The summed E-state index contributed by atoms with van der Waals surface area (Å²) in [5, 5.41) is 9.70. The number of ether oxygens (including phenoxy) is 1. The summed E-state index contributed by atoms with van der Waals surface area (Å²) in [6.45, 7) is 8.10. The van der Waals surface area contributed by atoms with Crippen molar-refractivity contribution in [3.8, 4) is 17.0 Å². The van der Waals surface area contributed by atoms with Gasteiger partial charge in [0.05, 0.1) is 11.2 Å². The molecule has 0 amide bonds. The molecule has 0 N–H and O–H groups in total. The monoisotopic (exact) mass is 321 g/mol. The van der Waals surface area contributed by atoms with E-state index in [0.717, 1.165) is 47.5 Å². The highest BCUT2D eigenvalue weighted by atomic mass is 16.5. The first-order valence-corrected chi connectivity index (χ1v) is 8.48.